The molecule has 19 heavy (non-hydrogen) atoms. The molecule has 2 heterocycles. The molecular formula is C9H13N5O3S2. The van der Waals surface area contributed by atoms with Crippen LogP contribution in [0.5, 0.6) is 0 Å². The largest absolute Gasteiger partial charge is 0.325 e. The Balaban J connectivity index is 2.23. The van der Waals surface area contributed by atoms with Gasteiger partial charge >= 0.3 is 4.87 Å². The van der Waals surface area contributed by atoms with Gasteiger partial charge in [0, 0.05) is 17.6 Å². The number of nitrogens with two attached hydrogens (primary N) is 1. The lowest BCUT2D eigenvalue weighted by Gasteiger charge is -2.06. The summed E-state index contributed by atoms with van der Waals surface area (Å²) in [5, 5.41) is 7.99. The van der Waals surface area contributed by atoms with Gasteiger partial charge in [-0.25, -0.2) is 13.1 Å². The van der Waals surface area contributed by atoms with Crippen molar-refractivity contribution < 1.29 is 8.42 Å². The second kappa shape index (κ2) is 5.25. The lowest BCUT2D eigenvalue weighted by molar-refractivity contribution is 0.578. The summed E-state index contributed by atoms with van der Waals surface area (Å²) in [7, 11) is -3.72. The van der Waals surface area contributed by atoms with Crippen LogP contribution in [0.3, 0.4) is 0 Å². The van der Waals surface area contributed by atoms with Crippen LogP contribution in [0.1, 0.15) is 17.1 Å². The molecule has 0 saturated carbocycles. The van der Waals surface area contributed by atoms with Crippen LogP contribution in [0.25, 0.3) is 0 Å². The van der Waals surface area contributed by atoms with E-state index in [1.165, 1.54) is 0 Å². The van der Waals surface area contributed by atoms with Gasteiger partial charge in [0.05, 0.1) is 17.9 Å². The monoisotopic (exact) mass is 303 g/mol. The van der Waals surface area contributed by atoms with Gasteiger partial charge in [0.2, 0.25) is 10.0 Å². The van der Waals surface area contributed by atoms with E-state index in [4.69, 9.17) is 5.73 Å². The highest BCUT2D eigenvalue weighted by Crippen LogP contribution is 2.17. The van der Waals surface area contributed by atoms with E-state index in [1.807, 2.05) is 0 Å². The number of aromatic amines is 2. The quantitative estimate of drug-likeness (QED) is 0.585. The summed E-state index contributed by atoms with van der Waals surface area (Å²) in [6.45, 7) is 1.64. The van der Waals surface area contributed by atoms with Gasteiger partial charge in [0.25, 0.3) is 0 Å². The lowest BCUT2D eigenvalue weighted by Crippen LogP contribution is -2.25. The number of nitrogens with one attached hydrogen (secondary N) is 3. The lowest BCUT2D eigenvalue weighted by atomic mass is 10.4. The number of rotatable bonds is 5. The second-order valence-corrected chi connectivity index (χ2v) is 6.37. The van der Waals surface area contributed by atoms with Crippen LogP contribution in [0, 0.1) is 6.92 Å². The van der Waals surface area contributed by atoms with E-state index in [0.717, 1.165) is 11.3 Å². The first kappa shape index (κ1) is 13.9. The minimum absolute atomic E-state index is 0.00963. The third-order valence-electron chi connectivity index (χ3n) is 2.45. The number of sulfonamides is 1. The van der Waals surface area contributed by atoms with E-state index >= 15 is 0 Å². The number of hydrogen-bond acceptors (Lipinski definition) is 6. The molecule has 0 spiro atoms. The number of H-pyrrole nitrogens is 2. The maximum atomic E-state index is 12.2. The van der Waals surface area contributed by atoms with Crippen molar-refractivity contribution in [2.45, 2.75) is 24.9 Å². The van der Waals surface area contributed by atoms with Crippen LogP contribution in [0.15, 0.2) is 15.1 Å². The molecule has 0 aromatic carbocycles. The Morgan fingerprint density at radius 3 is 2.84 bits per heavy atom. The average molecular weight is 303 g/mol. The molecule has 0 atom stereocenters. The maximum absolute atomic E-state index is 12.2. The second-order valence-electron chi connectivity index (χ2n) is 3.83. The molecular weight excluding hydrogens is 290 g/mol. The maximum Gasteiger partial charge on any atom is 0.304 e. The van der Waals surface area contributed by atoms with Crippen LogP contribution >= 0.6 is 11.3 Å². The first-order valence-corrected chi connectivity index (χ1v) is 7.70. The topological polar surface area (TPSA) is 134 Å². The normalized spacial score (nSPS) is 11.9. The minimum Gasteiger partial charge on any atom is -0.325 e. The van der Waals surface area contributed by atoms with Gasteiger partial charge in [-0.2, -0.15) is 5.10 Å². The molecule has 0 aliphatic rings. The first-order chi connectivity index (χ1) is 8.94. The van der Waals surface area contributed by atoms with Crippen LogP contribution < -0.4 is 15.3 Å². The molecule has 0 amide bonds. The Morgan fingerprint density at radius 2 is 2.26 bits per heavy atom. The van der Waals surface area contributed by atoms with Gasteiger partial charge < -0.3 is 10.7 Å². The number of hydrogen-bond donors (Lipinski definition) is 4. The Morgan fingerprint density at radius 1 is 1.53 bits per heavy atom. The highest BCUT2D eigenvalue weighted by Gasteiger charge is 2.23. The molecule has 2 aromatic rings. The summed E-state index contributed by atoms with van der Waals surface area (Å²) in [5.74, 6) is 0. The molecule has 2 rings (SSSR count). The van der Waals surface area contributed by atoms with Crippen molar-refractivity contribution in [2.24, 2.45) is 5.73 Å². The Bertz CT molecular complexity index is 727. The minimum atomic E-state index is -3.72. The summed E-state index contributed by atoms with van der Waals surface area (Å²) in [4.78, 5) is 13.3. The van der Waals surface area contributed by atoms with Crippen LogP contribution in [0.4, 0.5) is 0 Å². The summed E-state index contributed by atoms with van der Waals surface area (Å²) in [5.41, 5.74) is 6.66. The van der Waals surface area contributed by atoms with Crippen molar-refractivity contribution in [3.8, 4) is 0 Å². The van der Waals surface area contributed by atoms with E-state index in [2.05, 4.69) is 19.9 Å². The number of nitrogens with zero attached hydrogens (tertiary/aromatic N) is 1. The number of aromatic nitrogens is 3. The van der Waals surface area contributed by atoms with Crippen molar-refractivity contribution in [3.63, 3.8) is 0 Å². The van der Waals surface area contributed by atoms with Gasteiger partial charge in [-0.3, -0.25) is 9.89 Å². The standard InChI is InChI=1S/C9H13N5O3S2/c1-5-8(7(2-10)14-13-5)19(16,17)11-3-6-4-18-9(15)12-6/h4,11H,2-3,10H2,1H3,(H,12,15)(H,13,14). The molecule has 104 valence electrons. The van der Waals surface area contributed by atoms with Crippen molar-refractivity contribution in [2.75, 3.05) is 0 Å². The van der Waals surface area contributed by atoms with Crippen LogP contribution in [-0.2, 0) is 23.1 Å². The molecule has 2 aromatic heterocycles. The van der Waals surface area contributed by atoms with Gasteiger partial charge in [-0.15, -0.1) is 0 Å². The van der Waals surface area contributed by atoms with E-state index < -0.39 is 10.0 Å². The molecule has 0 radical (unpaired) electrons. The number of aryl methyl sites for hydroxylation is 1. The van der Waals surface area contributed by atoms with Crippen LogP contribution in [-0.4, -0.2) is 23.6 Å². The van der Waals surface area contributed by atoms with Crippen molar-refractivity contribution in [3.05, 3.63) is 32.1 Å². The van der Waals surface area contributed by atoms with Gasteiger partial charge in [0.1, 0.15) is 4.90 Å². The summed E-state index contributed by atoms with van der Waals surface area (Å²) in [6.07, 6.45) is 0. The zero-order valence-corrected chi connectivity index (χ0v) is 11.7. The summed E-state index contributed by atoms with van der Waals surface area (Å²) >= 11 is 0.979. The van der Waals surface area contributed by atoms with Gasteiger partial charge in [0.15, 0.2) is 0 Å². The molecule has 0 unspecified atom stereocenters. The highest BCUT2D eigenvalue weighted by atomic mass is 32.2. The fourth-order valence-electron chi connectivity index (χ4n) is 1.61. The highest BCUT2D eigenvalue weighted by molar-refractivity contribution is 7.89. The van der Waals surface area contributed by atoms with E-state index in [1.54, 1.807) is 12.3 Å². The van der Waals surface area contributed by atoms with Crippen molar-refractivity contribution in [1.29, 1.82) is 0 Å². The van der Waals surface area contributed by atoms with Crippen LogP contribution in [0.2, 0.25) is 0 Å². The first-order valence-electron chi connectivity index (χ1n) is 5.34. The Hall–Kier alpha value is -1.49. The molecule has 0 aliphatic heterocycles. The predicted molar refractivity (Wildman–Crippen MR) is 70.2 cm³/mol. The summed E-state index contributed by atoms with van der Waals surface area (Å²) in [6, 6.07) is 0. The van der Waals surface area contributed by atoms with E-state index in [0.29, 0.717) is 11.4 Å². The molecule has 0 aliphatic carbocycles. The van der Waals surface area contributed by atoms with Crippen molar-refractivity contribution in [1.82, 2.24) is 19.9 Å². The molecule has 5 N–H and O–H groups in total. The third-order valence-corrected chi connectivity index (χ3v) is 4.77. The fourth-order valence-corrected chi connectivity index (χ4v) is 3.57. The van der Waals surface area contributed by atoms with E-state index in [-0.39, 0.29) is 28.6 Å². The van der Waals surface area contributed by atoms with Crippen molar-refractivity contribution >= 4 is 21.4 Å². The third kappa shape index (κ3) is 2.92. The predicted octanol–water partition coefficient (Wildman–Crippen LogP) is -0.595. The zero-order chi connectivity index (χ0) is 14.0. The molecule has 0 bridgehead atoms. The SMILES string of the molecule is Cc1[nH]nc(CN)c1S(=O)(=O)NCc1csc(=O)[nH]1. The molecule has 0 fully saturated rings. The van der Waals surface area contributed by atoms with E-state index in [9.17, 15) is 13.2 Å². The molecule has 8 nitrogen and oxygen atoms in total. The molecule has 10 heteroatoms. The number of thiazole rings is 1. The zero-order valence-electron chi connectivity index (χ0n) is 10.1. The van der Waals surface area contributed by atoms with Gasteiger partial charge in [-0.1, -0.05) is 11.3 Å². The fraction of sp³-hybridized carbons (Fsp3) is 0.333. The Labute approximate surface area is 113 Å². The van der Waals surface area contributed by atoms with Gasteiger partial charge in [-0.05, 0) is 6.92 Å². The summed E-state index contributed by atoms with van der Waals surface area (Å²) < 4.78 is 26.7. The average Bonchev–Trinajstić information content (AvgIpc) is 2.93. The molecule has 0 saturated heterocycles. The smallest absolute Gasteiger partial charge is 0.304 e. The Kier molecular flexibility index (Phi) is 3.85.